The summed E-state index contributed by atoms with van der Waals surface area (Å²) in [6.07, 6.45) is 18.5. The minimum atomic E-state index is 0.381. The van der Waals surface area contributed by atoms with Gasteiger partial charge in [-0.25, -0.2) is 0 Å². The SMILES string of the molecule is CCCCCCCCCCCCCCCC(=O)N1CCN(C)CC1. The van der Waals surface area contributed by atoms with E-state index in [2.05, 4.69) is 23.8 Å². The second-order valence-electron chi connectivity index (χ2n) is 7.68. The van der Waals surface area contributed by atoms with Crippen LogP contribution in [0.3, 0.4) is 0 Å². The van der Waals surface area contributed by atoms with Crippen molar-refractivity contribution >= 4 is 5.91 Å². The summed E-state index contributed by atoms with van der Waals surface area (Å²) in [5, 5.41) is 0. The maximum Gasteiger partial charge on any atom is 0.222 e. The van der Waals surface area contributed by atoms with Gasteiger partial charge in [0.2, 0.25) is 5.91 Å². The van der Waals surface area contributed by atoms with Gasteiger partial charge >= 0.3 is 0 Å². The van der Waals surface area contributed by atoms with Gasteiger partial charge in [0.15, 0.2) is 0 Å². The molecular weight excluding hydrogens is 296 g/mol. The summed E-state index contributed by atoms with van der Waals surface area (Å²) in [4.78, 5) is 16.5. The largest absolute Gasteiger partial charge is 0.340 e. The molecule has 0 aromatic rings. The summed E-state index contributed by atoms with van der Waals surface area (Å²) < 4.78 is 0. The minimum absolute atomic E-state index is 0.381. The molecule has 0 aliphatic carbocycles. The average molecular weight is 339 g/mol. The number of amides is 1. The number of hydrogen-bond acceptors (Lipinski definition) is 2. The summed E-state index contributed by atoms with van der Waals surface area (Å²) in [7, 11) is 2.13. The van der Waals surface area contributed by atoms with Crippen LogP contribution in [0.25, 0.3) is 0 Å². The van der Waals surface area contributed by atoms with Crippen molar-refractivity contribution < 1.29 is 4.79 Å². The Kier molecular flexibility index (Phi) is 13.2. The number of unbranched alkanes of at least 4 members (excludes halogenated alkanes) is 12. The molecule has 0 bridgehead atoms. The van der Waals surface area contributed by atoms with Crippen molar-refractivity contribution in [1.82, 2.24) is 9.80 Å². The number of likely N-dealkylation sites (N-methyl/N-ethyl adjacent to an activating group) is 1. The van der Waals surface area contributed by atoms with Crippen molar-refractivity contribution in [3.05, 3.63) is 0 Å². The fourth-order valence-electron chi connectivity index (χ4n) is 3.51. The molecule has 1 amide bonds. The Morgan fingerprint density at radius 3 is 1.54 bits per heavy atom. The Balaban J connectivity index is 1.79. The molecule has 1 aliphatic heterocycles. The molecule has 3 heteroatoms. The van der Waals surface area contributed by atoms with Gasteiger partial charge in [0, 0.05) is 32.6 Å². The smallest absolute Gasteiger partial charge is 0.222 e. The van der Waals surface area contributed by atoms with E-state index in [1.807, 2.05) is 0 Å². The van der Waals surface area contributed by atoms with Crippen molar-refractivity contribution in [2.24, 2.45) is 0 Å². The monoisotopic (exact) mass is 338 g/mol. The van der Waals surface area contributed by atoms with Crippen LogP contribution in [0.15, 0.2) is 0 Å². The number of piperazine rings is 1. The predicted octanol–water partition coefficient (Wildman–Crippen LogP) is 5.24. The van der Waals surface area contributed by atoms with E-state index in [1.54, 1.807) is 0 Å². The molecule has 0 N–H and O–H groups in total. The molecule has 0 spiro atoms. The topological polar surface area (TPSA) is 23.6 Å². The van der Waals surface area contributed by atoms with E-state index in [9.17, 15) is 4.79 Å². The van der Waals surface area contributed by atoms with Crippen LogP contribution >= 0.6 is 0 Å². The van der Waals surface area contributed by atoms with E-state index >= 15 is 0 Å². The number of nitrogens with zero attached hydrogens (tertiary/aromatic N) is 2. The third-order valence-corrected chi connectivity index (χ3v) is 5.35. The van der Waals surface area contributed by atoms with Gasteiger partial charge in [-0.2, -0.15) is 0 Å². The van der Waals surface area contributed by atoms with Crippen LogP contribution in [-0.4, -0.2) is 48.9 Å². The summed E-state index contributed by atoms with van der Waals surface area (Å²) in [5.74, 6) is 0.381. The molecule has 24 heavy (non-hydrogen) atoms. The second kappa shape index (κ2) is 14.7. The molecule has 0 atom stereocenters. The maximum absolute atomic E-state index is 12.1. The van der Waals surface area contributed by atoms with E-state index in [4.69, 9.17) is 0 Å². The van der Waals surface area contributed by atoms with E-state index < -0.39 is 0 Å². The molecule has 1 rings (SSSR count). The molecular formula is C21H42N2O. The van der Waals surface area contributed by atoms with Gasteiger partial charge in [-0.3, -0.25) is 4.79 Å². The Labute approximate surface area is 151 Å². The van der Waals surface area contributed by atoms with E-state index in [-0.39, 0.29) is 0 Å². The van der Waals surface area contributed by atoms with Crippen molar-refractivity contribution in [3.63, 3.8) is 0 Å². The lowest BCUT2D eigenvalue weighted by molar-refractivity contribution is -0.132. The molecule has 0 unspecified atom stereocenters. The number of rotatable bonds is 14. The van der Waals surface area contributed by atoms with E-state index in [0.29, 0.717) is 5.91 Å². The minimum Gasteiger partial charge on any atom is -0.340 e. The van der Waals surface area contributed by atoms with Gasteiger partial charge in [0.25, 0.3) is 0 Å². The highest BCUT2D eigenvalue weighted by Crippen LogP contribution is 2.13. The van der Waals surface area contributed by atoms with Gasteiger partial charge in [-0.15, -0.1) is 0 Å². The average Bonchev–Trinajstić information content (AvgIpc) is 2.59. The zero-order chi connectivity index (χ0) is 17.5. The fourth-order valence-corrected chi connectivity index (χ4v) is 3.51. The van der Waals surface area contributed by atoms with Crippen LogP contribution in [0.5, 0.6) is 0 Å². The molecule has 0 aromatic carbocycles. The fraction of sp³-hybridized carbons (Fsp3) is 0.952. The third kappa shape index (κ3) is 11.1. The van der Waals surface area contributed by atoms with Gasteiger partial charge in [-0.05, 0) is 13.5 Å². The van der Waals surface area contributed by atoms with Crippen LogP contribution in [0.1, 0.15) is 96.8 Å². The van der Waals surface area contributed by atoms with Crippen LogP contribution < -0.4 is 0 Å². The molecule has 1 saturated heterocycles. The maximum atomic E-state index is 12.1. The standard InChI is InChI=1S/C21H42N2O/c1-3-4-5-6-7-8-9-10-11-12-13-14-15-16-21(24)23-19-17-22(2)18-20-23/h3-20H2,1-2H3. The Morgan fingerprint density at radius 2 is 1.08 bits per heavy atom. The summed E-state index contributed by atoms with van der Waals surface area (Å²) in [5.41, 5.74) is 0. The first-order valence-electron chi connectivity index (χ1n) is 10.7. The molecule has 0 saturated carbocycles. The highest BCUT2D eigenvalue weighted by molar-refractivity contribution is 5.76. The van der Waals surface area contributed by atoms with Crippen LogP contribution in [0.2, 0.25) is 0 Å². The molecule has 0 aromatic heterocycles. The lowest BCUT2D eigenvalue weighted by Crippen LogP contribution is -2.47. The molecule has 142 valence electrons. The first-order valence-corrected chi connectivity index (χ1v) is 10.7. The van der Waals surface area contributed by atoms with Gasteiger partial charge in [0.1, 0.15) is 0 Å². The quantitative estimate of drug-likeness (QED) is 0.404. The van der Waals surface area contributed by atoms with Gasteiger partial charge in [0.05, 0.1) is 0 Å². The number of carbonyl (C=O) groups excluding carboxylic acids is 1. The zero-order valence-electron chi connectivity index (χ0n) is 16.5. The van der Waals surface area contributed by atoms with Crippen molar-refractivity contribution in [2.45, 2.75) is 96.8 Å². The van der Waals surface area contributed by atoms with Crippen LogP contribution in [-0.2, 0) is 4.79 Å². The van der Waals surface area contributed by atoms with Gasteiger partial charge < -0.3 is 9.80 Å². The molecule has 0 radical (unpaired) electrons. The number of carbonyl (C=O) groups is 1. The summed E-state index contributed by atoms with van der Waals surface area (Å²) >= 11 is 0. The Bertz CT molecular complexity index is 298. The highest BCUT2D eigenvalue weighted by Gasteiger charge is 2.18. The summed E-state index contributed by atoms with van der Waals surface area (Å²) in [6, 6.07) is 0. The lowest BCUT2D eigenvalue weighted by atomic mass is 10.0. The first-order chi connectivity index (χ1) is 11.7. The Hall–Kier alpha value is -0.570. The lowest BCUT2D eigenvalue weighted by Gasteiger charge is -2.32. The normalized spacial score (nSPS) is 15.8. The van der Waals surface area contributed by atoms with Crippen molar-refractivity contribution in [3.8, 4) is 0 Å². The highest BCUT2D eigenvalue weighted by atomic mass is 16.2. The number of hydrogen-bond donors (Lipinski definition) is 0. The molecule has 1 heterocycles. The Morgan fingerprint density at radius 1 is 0.667 bits per heavy atom. The molecule has 1 aliphatic rings. The van der Waals surface area contributed by atoms with Crippen molar-refractivity contribution in [1.29, 1.82) is 0 Å². The first kappa shape index (κ1) is 21.5. The summed E-state index contributed by atoms with van der Waals surface area (Å²) in [6.45, 7) is 6.19. The predicted molar refractivity (Wildman–Crippen MR) is 104 cm³/mol. The van der Waals surface area contributed by atoms with Crippen molar-refractivity contribution in [2.75, 3.05) is 33.2 Å². The third-order valence-electron chi connectivity index (χ3n) is 5.35. The zero-order valence-corrected chi connectivity index (χ0v) is 16.5. The van der Waals surface area contributed by atoms with E-state index in [0.717, 1.165) is 39.0 Å². The second-order valence-corrected chi connectivity index (χ2v) is 7.68. The molecule has 3 nitrogen and oxygen atoms in total. The van der Waals surface area contributed by atoms with Crippen LogP contribution in [0, 0.1) is 0 Å². The van der Waals surface area contributed by atoms with Crippen LogP contribution in [0.4, 0.5) is 0 Å². The molecule has 1 fully saturated rings. The van der Waals surface area contributed by atoms with Gasteiger partial charge in [-0.1, -0.05) is 84.0 Å². The van der Waals surface area contributed by atoms with E-state index in [1.165, 1.54) is 77.0 Å².